The summed E-state index contributed by atoms with van der Waals surface area (Å²) in [4.78, 5) is 0. The van der Waals surface area contributed by atoms with Crippen molar-refractivity contribution in [1.82, 2.24) is 0 Å². The van der Waals surface area contributed by atoms with Gasteiger partial charge in [-0.3, -0.25) is 0 Å². The molecule has 0 atom stereocenters. The summed E-state index contributed by atoms with van der Waals surface area (Å²) < 4.78 is 10.4. The van der Waals surface area contributed by atoms with E-state index in [4.69, 9.17) is 0 Å². The van der Waals surface area contributed by atoms with Crippen LogP contribution in [0.2, 0.25) is 0 Å². The van der Waals surface area contributed by atoms with Gasteiger partial charge in [0.05, 0.1) is 0 Å². The fourth-order valence-electron chi connectivity index (χ4n) is 4.57. The summed E-state index contributed by atoms with van der Waals surface area (Å²) in [5, 5.41) is 0. The van der Waals surface area contributed by atoms with Crippen LogP contribution in [0.15, 0.2) is 97.6 Å². The number of pyridine rings is 2. The third kappa shape index (κ3) is 2.33. The summed E-state index contributed by atoms with van der Waals surface area (Å²) in [6, 6.07) is 27.0. The third-order valence-corrected chi connectivity index (χ3v) is 15.8. The van der Waals surface area contributed by atoms with Gasteiger partial charge in [0.15, 0.2) is 0 Å². The predicted octanol–water partition coefficient (Wildman–Crippen LogP) is 0.693. The van der Waals surface area contributed by atoms with Crippen LogP contribution in [-0.4, -0.2) is 13.3 Å². The van der Waals surface area contributed by atoms with Crippen molar-refractivity contribution >= 4 is 30.8 Å². The Kier molecular flexibility index (Phi) is 3.76. The van der Waals surface area contributed by atoms with Crippen LogP contribution in [0, 0.1) is 0 Å². The molecule has 3 heterocycles. The first kappa shape index (κ1) is 16.5. The zero-order valence-corrected chi connectivity index (χ0v) is 17.7. The Bertz CT molecular complexity index is 1040. The minimum absolute atomic E-state index is 1.40. The maximum absolute atomic E-state index is 3.04. The monoisotopic (exact) mass is 412 g/mol. The van der Waals surface area contributed by atoms with Gasteiger partial charge in [-0.25, -0.2) is 0 Å². The van der Waals surface area contributed by atoms with Gasteiger partial charge < -0.3 is 0 Å². The average Bonchev–Trinajstić information content (AvgIpc) is 2.99. The Hall–Kier alpha value is -2.72. The molecule has 27 heavy (non-hydrogen) atoms. The standard InChI is InChI=1S/C24H22GeN2/c1-26-15-13-21-22-14-16-27(2)18-24(22)25(23(21)17-26,19-9-5-3-6-10-19)20-11-7-4-8-12-20/h3-18H,1-2H3/q+2. The molecule has 1 aliphatic heterocycles. The summed E-state index contributed by atoms with van der Waals surface area (Å²) in [7, 11) is 4.26. The van der Waals surface area contributed by atoms with Crippen molar-refractivity contribution in [3.63, 3.8) is 0 Å². The predicted molar refractivity (Wildman–Crippen MR) is 111 cm³/mol. The van der Waals surface area contributed by atoms with E-state index in [0.717, 1.165) is 0 Å². The molecule has 0 saturated carbocycles. The van der Waals surface area contributed by atoms with Crippen LogP contribution in [0.25, 0.3) is 11.1 Å². The van der Waals surface area contributed by atoms with Gasteiger partial charge in [-0.05, 0) is 0 Å². The molecule has 5 rings (SSSR count). The summed E-state index contributed by atoms with van der Waals surface area (Å²) in [6.45, 7) is 0. The molecule has 2 nitrogen and oxygen atoms in total. The van der Waals surface area contributed by atoms with Gasteiger partial charge in [0.2, 0.25) is 0 Å². The molecular formula is C24H22GeN2+2. The molecule has 4 aromatic rings. The van der Waals surface area contributed by atoms with Gasteiger partial charge in [-0.15, -0.1) is 0 Å². The van der Waals surface area contributed by atoms with Crippen LogP contribution < -0.4 is 26.7 Å². The Balaban J connectivity index is 2.00. The van der Waals surface area contributed by atoms with Gasteiger partial charge in [0, 0.05) is 0 Å². The molecule has 3 heteroatoms. The number of aryl methyl sites for hydroxylation is 2. The van der Waals surface area contributed by atoms with E-state index in [0.29, 0.717) is 0 Å². The van der Waals surface area contributed by atoms with Gasteiger partial charge in [0.1, 0.15) is 0 Å². The van der Waals surface area contributed by atoms with E-state index in [1.165, 1.54) is 28.7 Å². The van der Waals surface area contributed by atoms with Gasteiger partial charge >= 0.3 is 163 Å². The molecule has 0 aliphatic carbocycles. The molecular weight excluding hydrogens is 389 g/mol. The zero-order chi connectivity index (χ0) is 18.4. The van der Waals surface area contributed by atoms with Gasteiger partial charge in [0.25, 0.3) is 0 Å². The molecule has 130 valence electrons. The van der Waals surface area contributed by atoms with E-state index >= 15 is 0 Å². The number of nitrogens with zero attached hydrogens (tertiary/aromatic N) is 2. The van der Waals surface area contributed by atoms with Crippen molar-refractivity contribution in [2.24, 2.45) is 14.1 Å². The van der Waals surface area contributed by atoms with E-state index in [9.17, 15) is 0 Å². The van der Waals surface area contributed by atoms with Crippen molar-refractivity contribution in [2.75, 3.05) is 0 Å². The molecule has 0 amide bonds. The second-order valence-electron chi connectivity index (χ2n) is 7.36. The summed E-state index contributed by atoms with van der Waals surface area (Å²) in [5.41, 5.74) is 2.80. The maximum atomic E-state index is 2.37. The van der Waals surface area contributed by atoms with Crippen LogP contribution in [0.4, 0.5) is 0 Å². The topological polar surface area (TPSA) is 7.76 Å². The van der Waals surface area contributed by atoms with Gasteiger partial charge in [-0.1, -0.05) is 0 Å². The Labute approximate surface area is 162 Å². The van der Waals surface area contributed by atoms with E-state index in [1.807, 2.05) is 0 Å². The van der Waals surface area contributed by atoms with Crippen LogP contribution in [0.3, 0.4) is 0 Å². The Morgan fingerprint density at radius 1 is 0.556 bits per heavy atom. The van der Waals surface area contributed by atoms with Crippen LogP contribution in [0.1, 0.15) is 0 Å². The first-order valence-electron chi connectivity index (χ1n) is 9.32. The van der Waals surface area contributed by atoms with E-state index < -0.39 is 13.3 Å². The van der Waals surface area contributed by atoms with E-state index in [-0.39, 0.29) is 0 Å². The fourth-order valence-corrected chi connectivity index (χ4v) is 15.7. The SMILES string of the molecule is C[n+]1ccc2[c](c1)[Ge]([c]1ccccc1)([c]1ccccc1)[c]1c[n+](C)ccc1-2. The average molecular weight is 411 g/mol. The third-order valence-electron chi connectivity index (χ3n) is 5.71. The molecule has 0 spiro atoms. The second kappa shape index (κ2) is 6.17. The van der Waals surface area contributed by atoms with Crippen molar-refractivity contribution in [3.8, 4) is 11.1 Å². The molecule has 0 bridgehead atoms. The van der Waals surface area contributed by atoms with Crippen molar-refractivity contribution < 1.29 is 9.13 Å². The van der Waals surface area contributed by atoms with Crippen molar-refractivity contribution in [3.05, 3.63) is 97.6 Å². The van der Waals surface area contributed by atoms with E-state index in [1.54, 1.807) is 0 Å². The molecule has 1 aliphatic rings. The molecule has 2 aromatic carbocycles. The second-order valence-corrected chi connectivity index (χ2v) is 15.2. The Morgan fingerprint density at radius 3 is 1.37 bits per heavy atom. The molecule has 0 N–H and O–H groups in total. The minimum atomic E-state index is -3.04. The van der Waals surface area contributed by atoms with Crippen LogP contribution in [-0.2, 0) is 14.1 Å². The molecule has 0 fully saturated rings. The number of hydrogen-bond acceptors (Lipinski definition) is 0. The summed E-state index contributed by atoms with van der Waals surface area (Å²) in [6.07, 6.45) is 9.08. The first-order chi connectivity index (χ1) is 13.2. The van der Waals surface area contributed by atoms with Gasteiger partial charge in [-0.2, -0.15) is 0 Å². The van der Waals surface area contributed by atoms with E-state index in [2.05, 4.69) is 121 Å². The van der Waals surface area contributed by atoms with Crippen LogP contribution in [0.5, 0.6) is 0 Å². The number of benzene rings is 2. The molecule has 0 radical (unpaired) electrons. The first-order valence-corrected chi connectivity index (χ1v) is 13.5. The van der Waals surface area contributed by atoms with Crippen molar-refractivity contribution in [2.45, 2.75) is 0 Å². The number of aromatic nitrogens is 2. The van der Waals surface area contributed by atoms with Crippen LogP contribution >= 0.6 is 0 Å². The number of rotatable bonds is 2. The molecule has 2 aromatic heterocycles. The molecule has 0 unspecified atom stereocenters. The number of fused-ring (bicyclic) bond motifs is 3. The summed E-state index contributed by atoms with van der Waals surface area (Å²) >= 11 is -3.04. The fraction of sp³-hybridized carbons (Fsp3) is 0.0833. The quantitative estimate of drug-likeness (QED) is 0.299. The zero-order valence-electron chi connectivity index (χ0n) is 15.6. The number of hydrogen-bond donors (Lipinski definition) is 0. The summed E-state index contributed by atoms with van der Waals surface area (Å²) in [5.74, 6) is 0. The Morgan fingerprint density at radius 2 is 0.963 bits per heavy atom. The van der Waals surface area contributed by atoms with Crippen molar-refractivity contribution in [1.29, 1.82) is 0 Å². The normalized spacial score (nSPS) is 13.9. The molecule has 0 saturated heterocycles.